The SMILES string of the molecule is NC(CCn1cc(Nc2cnn3cccnc23)c(-c2cc(Cl)ccc2OC(F)F)n1)C(=O)OC=O. The van der Waals surface area contributed by atoms with E-state index < -0.39 is 18.6 Å². The Labute approximate surface area is 201 Å². The third kappa shape index (κ3) is 5.53. The van der Waals surface area contributed by atoms with E-state index in [-0.39, 0.29) is 41.5 Å². The van der Waals surface area contributed by atoms with E-state index >= 15 is 0 Å². The van der Waals surface area contributed by atoms with Gasteiger partial charge in [-0.05, 0) is 30.7 Å². The van der Waals surface area contributed by atoms with Gasteiger partial charge in [-0.1, -0.05) is 11.6 Å². The van der Waals surface area contributed by atoms with Crippen molar-refractivity contribution in [3.63, 3.8) is 0 Å². The molecule has 0 saturated heterocycles. The van der Waals surface area contributed by atoms with Gasteiger partial charge < -0.3 is 20.5 Å². The lowest BCUT2D eigenvalue weighted by Gasteiger charge is -2.11. The lowest BCUT2D eigenvalue weighted by Crippen LogP contribution is -2.33. The second-order valence-electron chi connectivity index (χ2n) is 7.17. The van der Waals surface area contributed by atoms with Gasteiger partial charge in [-0.3, -0.25) is 9.48 Å². The van der Waals surface area contributed by atoms with Gasteiger partial charge in [0, 0.05) is 35.7 Å². The van der Waals surface area contributed by atoms with Crippen LogP contribution in [0.2, 0.25) is 5.02 Å². The number of benzene rings is 1. The van der Waals surface area contributed by atoms with Crippen LogP contribution < -0.4 is 15.8 Å². The van der Waals surface area contributed by atoms with Gasteiger partial charge in [-0.25, -0.2) is 14.3 Å². The highest BCUT2D eigenvalue weighted by atomic mass is 35.5. The van der Waals surface area contributed by atoms with Crippen molar-refractivity contribution in [1.82, 2.24) is 24.4 Å². The fourth-order valence-corrected chi connectivity index (χ4v) is 3.47. The molecule has 0 aliphatic heterocycles. The highest BCUT2D eigenvalue weighted by molar-refractivity contribution is 6.31. The van der Waals surface area contributed by atoms with Crippen molar-refractivity contribution in [2.24, 2.45) is 5.73 Å². The lowest BCUT2D eigenvalue weighted by atomic mass is 10.1. The van der Waals surface area contributed by atoms with Crippen molar-refractivity contribution in [1.29, 1.82) is 0 Å². The molecule has 3 N–H and O–H groups in total. The van der Waals surface area contributed by atoms with E-state index in [9.17, 15) is 18.4 Å². The van der Waals surface area contributed by atoms with Crippen molar-refractivity contribution in [2.75, 3.05) is 5.32 Å². The first-order chi connectivity index (χ1) is 16.9. The molecule has 1 atom stereocenters. The number of hydrogen-bond acceptors (Lipinski definition) is 9. The molecule has 0 aliphatic rings. The van der Waals surface area contributed by atoms with Crippen LogP contribution in [0, 0.1) is 0 Å². The molecule has 3 heterocycles. The molecular formula is C21H18ClF2N7O4. The average Bonchev–Trinajstić information content (AvgIpc) is 3.43. The normalized spacial score (nSPS) is 12.0. The summed E-state index contributed by atoms with van der Waals surface area (Å²) in [6.45, 7) is -2.92. The number of halogens is 3. The first-order valence-electron chi connectivity index (χ1n) is 10.1. The van der Waals surface area contributed by atoms with Crippen LogP contribution in [0.25, 0.3) is 16.9 Å². The van der Waals surface area contributed by atoms with E-state index in [1.54, 1.807) is 35.4 Å². The number of aromatic nitrogens is 5. The standard InChI is InChI=1S/C21H18ClF2N7O4/c22-12-2-3-17(35-21(23)24)13(8-12)18-16(28-15-9-27-31-6-1-5-26-19(15)31)10-30(29-18)7-4-14(25)20(33)34-11-32/h1-3,5-6,8-11,14,21,28H,4,7,25H2. The molecule has 0 aliphatic carbocycles. The second-order valence-corrected chi connectivity index (χ2v) is 7.61. The van der Waals surface area contributed by atoms with Crippen molar-refractivity contribution in [3.8, 4) is 17.0 Å². The van der Waals surface area contributed by atoms with Crippen LogP contribution in [0.1, 0.15) is 6.42 Å². The van der Waals surface area contributed by atoms with Crippen LogP contribution >= 0.6 is 11.6 Å². The van der Waals surface area contributed by atoms with Gasteiger partial charge in [0.2, 0.25) is 0 Å². The third-order valence-corrected chi connectivity index (χ3v) is 5.09. The Kier molecular flexibility index (Phi) is 7.17. The summed E-state index contributed by atoms with van der Waals surface area (Å²) in [6, 6.07) is 4.82. The number of rotatable bonds is 10. The Balaban J connectivity index is 1.72. The predicted molar refractivity (Wildman–Crippen MR) is 120 cm³/mol. The zero-order valence-electron chi connectivity index (χ0n) is 17.8. The minimum absolute atomic E-state index is 0.00415. The van der Waals surface area contributed by atoms with E-state index in [4.69, 9.17) is 17.3 Å². The van der Waals surface area contributed by atoms with Gasteiger partial charge in [0.05, 0.1) is 11.9 Å². The van der Waals surface area contributed by atoms with Gasteiger partial charge in [0.25, 0.3) is 0 Å². The van der Waals surface area contributed by atoms with Crippen molar-refractivity contribution < 1.29 is 27.8 Å². The van der Waals surface area contributed by atoms with Crippen LogP contribution in [0.3, 0.4) is 0 Å². The molecule has 0 fully saturated rings. The number of fused-ring (bicyclic) bond motifs is 1. The number of nitrogens with one attached hydrogen (secondary N) is 1. The Morgan fingerprint density at radius 3 is 2.91 bits per heavy atom. The average molecular weight is 506 g/mol. The maximum atomic E-state index is 13.1. The summed E-state index contributed by atoms with van der Waals surface area (Å²) in [7, 11) is 0. The van der Waals surface area contributed by atoms with Gasteiger partial charge in [-0.2, -0.15) is 19.0 Å². The summed E-state index contributed by atoms with van der Waals surface area (Å²) in [6.07, 6.45) is 6.53. The smallest absolute Gasteiger partial charge is 0.387 e. The number of aryl methyl sites for hydroxylation is 1. The monoisotopic (exact) mass is 505 g/mol. The minimum atomic E-state index is -3.07. The number of ether oxygens (including phenoxy) is 2. The maximum Gasteiger partial charge on any atom is 0.387 e. The summed E-state index contributed by atoms with van der Waals surface area (Å²) in [5.74, 6) is -1.02. The predicted octanol–water partition coefficient (Wildman–Crippen LogP) is 3.01. The molecule has 0 spiro atoms. The van der Waals surface area contributed by atoms with E-state index in [0.29, 0.717) is 17.0 Å². The molecule has 182 valence electrons. The van der Waals surface area contributed by atoms with Gasteiger partial charge in [0.15, 0.2) is 5.65 Å². The third-order valence-electron chi connectivity index (χ3n) is 4.86. The van der Waals surface area contributed by atoms with Crippen molar-refractivity contribution in [3.05, 3.63) is 54.1 Å². The summed E-state index contributed by atoms with van der Waals surface area (Å²) in [4.78, 5) is 26.3. The van der Waals surface area contributed by atoms with Crippen LogP contribution in [-0.4, -0.2) is 49.5 Å². The largest absolute Gasteiger partial charge is 0.434 e. The quantitative estimate of drug-likeness (QED) is 0.189. The number of carbonyl (C=O) groups is 2. The molecule has 14 heteroatoms. The van der Waals surface area contributed by atoms with Crippen LogP contribution in [0.15, 0.2) is 49.1 Å². The molecule has 1 aromatic carbocycles. The summed E-state index contributed by atoms with van der Waals surface area (Å²) >= 11 is 6.13. The fourth-order valence-electron chi connectivity index (χ4n) is 3.30. The van der Waals surface area contributed by atoms with Crippen molar-refractivity contribution in [2.45, 2.75) is 25.6 Å². The number of nitrogens with two attached hydrogens (primary N) is 1. The Morgan fingerprint density at radius 1 is 1.31 bits per heavy atom. The molecule has 1 unspecified atom stereocenters. The van der Waals surface area contributed by atoms with Gasteiger partial charge >= 0.3 is 19.1 Å². The number of carbonyl (C=O) groups excluding carboxylic acids is 2. The molecular weight excluding hydrogens is 488 g/mol. The van der Waals surface area contributed by atoms with Crippen LogP contribution in [0.4, 0.5) is 20.2 Å². The number of esters is 1. The highest BCUT2D eigenvalue weighted by Gasteiger charge is 2.21. The molecule has 35 heavy (non-hydrogen) atoms. The maximum absolute atomic E-state index is 13.1. The number of nitrogens with zero attached hydrogens (tertiary/aromatic N) is 5. The second kappa shape index (κ2) is 10.4. The summed E-state index contributed by atoms with van der Waals surface area (Å²) in [5.41, 5.74) is 7.62. The number of hydrogen-bond donors (Lipinski definition) is 2. The molecule has 4 rings (SSSR count). The van der Waals surface area contributed by atoms with E-state index in [0.717, 1.165) is 0 Å². The van der Waals surface area contributed by atoms with E-state index in [1.165, 1.54) is 22.9 Å². The molecule has 0 radical (unpaired) electrons. The molecule has 0 bridgehead atoms. The lowest BCUT2D eigenvalue weighted by molar-refractivity contribution is -0.152. The number of anilines is 2. The fraction of sp³-hybridized carbons (Fsp3) is 0.190. The van der Waals surface area contributed by atoms with Crippen LogP contribution in [-0.2, 0) is 20.9 Å². The topological polar surface area (TPSA) is 139 Å². The van der Waals surface area contributed by atoms with Gasteiger partial charge in [-0.15, -0.1) is 0 Å². The summed E-state index contributed by atoms with van der Waals surface area (Å²) in [5, 5.41) is 12.1. The molecule has 11 nitrogen and oxygen atoms in total. The Bertz CT molecular complexity index is 1360. The summed E-state index contributed by atoms with van der Waals surface area (Å²) < 4.78 is 38.0. The first kappa shape index (κ1) is 24.0. The number of alkyl halides is 2. The molecule has 4 aromatic rings. The highest BCUT2D eigenvalue weighted by Crippen LogP contribution is 2.38. The first-order valence-corrected chi connectivity index (χ1v) is 10.5. The zero-order valence-corrected chi connectivity index (χ0v) is 18.6. The van der Waals surface area contributed by atoms with Crippen LogP contribution in [0.5, 0.6) is 5.75 Å². The molecule has 0 amide bonds. The Hall–Kier alpha value is -4.10. The molecule has 0 saturated carbocycles. The van der Waals surface area contributed by atoms with Gasteiger partial charge in [0.1, 0.15) is 23.2 Å². The Morgan fingerprint density at radius 2 is 2.14 bits per heavy atom. The van der Waals surface area contributed by atoms with E-state index in [2.05, 4.69) is 30.0 Å². The van der Waals surface area contributed by atoms with E-state index in [1.807, 2.05) is 0 Å². The molecule has 3 aromatic heterocycles. The zero-order chi connectivity index (χ0) is 24.9. The van der Waals surface area contributed by atoms with Crippen molar-refractivity contribution >= 4 is 41.1 Å². The minimum Gasteiger partial charge on any atom is -0.434 e.